The molecular weight excluding hydrogens is 481 g/mol. The molecule has 0 fully saturated rings. The van der Waals surface area contributed by atoms with Gasteiger partial charge in [-0.15, -0.1) is 29.1 Å². The molecule has 1 aliphatic heterocycles. The van der Waals surface area contributed by atoms with Gasteiger partial charge >= 0.3 is 0 Å². The first kappa shape index (κ1) is 19.4. The molecule has 0 bridgehead atoms. The van der Waals surface area contributed by atoms with E-state index >= 15 is 0 Å². The molecule has 0 aromatic heterocycles. The molecule has 1 amide bonds. The second kappa shape index (κ2) is 8.84. The average Bonchev–Trinajstić information content (AvgIpc) is 2.44. The van der Waals surface area contributed by atoms with Crippen LogP contribution < -0.4 is 4.74 Å². The summed E-state index contributed by atoms with van der Waals surface area (Å²) in [5.41, 5.74) is 0.873. The Labute approximate surface area is 167 Å². The van der Waals surface area contributed by atoms with E-state index in [1.165, 1.54) is 22.7 Å². The summed E-state index contributed by atoms with van der Waals surface area (Å²) in [4.78, 5) is 13.4. The zero-order chi connectivity index (χ0) is 14.7. The molecule has 3 nitrogen and oxygen atoms in total. The number of hydrogen-bond acceptors (Lipinski definition) is 3. The molecule has 0 spiro atoms. The van der Waals surface area contributed by atoms with Crippen molar-refractivity contribution in [2.24, 2.45) is 0 Å². The number of carbonyl (C=O) groups is 1. The van der Waals surface area contributed by atoms with Crippen LogP contribution >= 0.6 is 34.4 Å². The molecule has 1 unspecified atom stereocenters. The molecule has 1 heterocycles. The van der Waals surface area contributed by atoms with Gasteiger partial charge in [-0.2, -0.15) is 0 Å². The number of alkyl halides is 1. The zero-order valence-electron chi connectivity index (χ0n) is 11.7. The maximum atomic E-state index is 14.2. The Bertz CT molecular complexity index is 556. The second-order valence-corrected chi connectivity index (χ2v) is 6.60. The quantitative estimate of drug-likeness (QED) is 0.278. The van der Waals surface area contributed by atoms with E-state index in [2.05, 4.69) is 28.7 Å². The number of thioether (sulfide) groups is 1. The Balaban J connectivity index is 0.00000220. The van der Waals surface area contributed by atoms with E-state index < -0.39 is 5.82 Å². The predicted molar refractivity (Wildman–Crippen MR) is 87.3 cm³/mol. The van der Waals surface area contributed by atoms with Gasteiger partial charge in [0.15, 0.2) is 0 Å². The molecule has 111 valence electrons. The third-order valence-corrected chi connectivity index (χ3v) is 4.25. The standard InChI is InChI=1S/C14H14FINO2S.Y/c1-17-13(6-5-12(16)14(17)18)10-4-3-9(7-11(10)15)19-8-20-2;/h3-4,7,12H,5,8H2,1-2H3;/q-1;. The molecule has 21 heavy (non-hydrogen) atoms. The molecule has 0 aliphatic carbocycles. The summed E-state index contributed by atoms with van der Waals surface area (Å²) >= 11 is 3.59. The molecule has 0 N–H and O–H groups in total. The molecule has 1 atom stereocenters. The number of rotatable bonds is 4. The van der Waals surface area contributed by atoms with Crippen molar-refractivity contribution < 1.29 is 46.6 Å². The largest absolute Gasteiger partial charge is 0.483 e. The maximum Gasteiger partial charge on any atom is 0.235 e. The van der Waals surface area contributed by atoms with Gasteiger partial charge in [-0.3, -0.25) is 4.79 Å². The predicted octanol–water partition coefficient (Wildman–Crippen LogP) is 3.33. The number of benzene rings is 1. The second-order valence-electron chi connectivity index (χ2n) is 4.29. The van der Waals surface area contributed by atoms with Gasteiger partial charge in [0.1, 0.15) is 11.7 Å². The van der Waals surface area contributed by atoms with Crippen LogP contribution in [0.25, 0.3) is 5.70 Å². The molecule has 1 aromatic rings. The summed E-state index contributed by atoms with van der Waals surface area (Å²) in [5, 5.41) is 0. The number of nitrogens with zero attached hydrogens (tertiary/aromatic N) is 1. The summed E-state index contributed by atoms with van der Waals surface area (Å²) in [6.45, 7) is 0. The van der Waals surface area contributed by atoms with Crippen LogP contribution in [0.1, 0.15) is 12.0 Å². The molecular formula is C14H14FINO2SY-. The van der Waals surface area contributed by atoms with Crippen molar-refractivity contribution in [3.63, 3.8) is 0 Å². The molecule has 1 radical (unpaired) electrons. The molecule has 2 rings (SSSR count). The first-order valence-corrected chi connectivity index (χ1v) is 8.62. The maximum absolute atomic E-state index is 14.2. The van der Waals surface area contributed by atoms with Gasteiger partial charge in [-0.25, -0.2) is 10.5 Å². The summed E-state index contributed by atoms with van der Waals surface area (Å²) in [5.74, 6) is 0.527. The monoisotopic (exact) mass is 495 g/mol. The van der Waals surface area contributed by atoms with Gasteiger partial charge in [0.05, 0.1) is 9.74 Å². The van der Waals surface area contributed by atoms with Crippen LogP contribution in [0.4, 0.5) is 4.39 Å². The van der Waals surface area contributed by atoms with Crippen molar-refractivity contribution >= 4 is 46.0 Å². The number of halogens is 2. The topological polar surface area (TPSA) is 29.5 Å². The van der Waals surface area contributed by atoms with E-state index in [9.17, 15) is 9.18 Å². The minimum Gasteiger partial charge on any atom is -0.483 e. The Kier molecular flexibility index (Phi) is 8.16. The van der Waals surface area contributed by atoms with E-state index in [0.29, 0.717) is 29.4 Å². The third kappa shape index (κ3) is 4.66. The summed E-state index contributed by atoms with van der Waals surface area (Å²) in [7, 11) is 1.65. The van der Waals surface area contributed by atoms with Gasteiger partial charge in [0.2, 0.25) is 5.91 Å². The smallest absolute Gasteiger partial charge is 0.235 e. The van der Waals surface area contributed by atoms with Crippen molar-refractivity contribution in [1.82, 2.24) is 4.90 Å². The van der Waals surface area contributed by atoms with Crippen molar-refractivity contribution in [2.75, 3.05) is 19.2 Å². The summed E-state index contributed by atoms with van der Waals surface area (Å²) in [6.07, 6.45) is 5.51. The first-order valence-electron chi connectivity index (χ1n) is 5.98. The van der Waals surface area contributed by atoms with E-state index in [1.54, 1.807) is 19.2 Å². The average molecular weight is 495 g/mol. The van der Waals surface area contributed by atoms with Crippen molar-refractivity contribution in [3.8, 4) is 5.75 Å². The van der Waals surface area contributed by atoms with Crippen LogP contribution in [0.3, 0.4) is 0 Å². The van der Waals surface area contributed by atoms with Crippen molar-refractivity contribution in [2.45, 2.75) is 10.3 Å². The number of ether oxygens (including phenoxy) is 1. The van der Waals surface area contributed by atoms with Gasteiger partial charge in [-0.05, 0) is 18.4 Å². The van der Waals surface area contributed by atoms with Crippen molar-refractivity contribution in [1.29, 1.82) is 0 Å². The Morgan fingerprint density at radius 1 is 1.57 bits per heavy atom. The molecule has 7 heteroatoms. The molecule has 1 aromatic carbocycles. The SMILES string of the molecule is CSCOc1ccc(C2=[C-]CC(I)C(=O)N2C)c(F)c1.[Y]. The van der Waals surface area contributed by atoms with Gasteiger partial charge in [0.25, 0.3) is 0 Å². The number of amides is 1. The fraction of sp³-hybridized carbons (Fsp3) is 0.357. The van der Waals surface area contributed by atoms with Crippen LogP contribution in [0.15, 0.2) is 18.2 Å². The van der Waals surface area contributed by atoms with E-state index in [-0.39, 0.29) is 42.5 Å². The fourth-order valence-corrected chi connectivity index (χ4v) is 2.78. The normalized spacial score (nSPS) is 18.1. The van der Waals surface area contributed by atoms with E-state index in [0.717, 1.165) is 0 Å². The molecule has 0 saturated carbocycles. The van der Waals surface area contributed by atoms with Crippen molar-refractivity contribution in [3.05, 3.63) is 35.7 Å². The first-order chi connectivity index (χ1) is 9.54. The number of allylic oxidation sites excluding steroid dienone is 1. The summed E-state index contributed by atoms with van der Waals surface area (Å²) < 4.78 is 19.4. The Hall–Kier alpha value is 0.344. The van der Waals surface area contributed by atoms with Gasteiger partial charge in [-0.1, -0.05) is 29.0 Å². The van der Waals surface area contributed by atoms with Crippen LogP contribution in [0, 0.1) is 11.9 Å². The van der Waals surface area contributed by atoms with Gasteiger partial charge in [0, 0.05) is 39.8 Å². The molecule has 0 saturated heterocycles. The molecule has 1 aliphatic rings. The number of hydrogen-bond donors (Lipinski definition) is 0. The Morgan fingerprint density at radius 2 is 2.29 bits per heavy atom. The van der Waals surface area contributed by atoms with Crippen LogP contribution in [0.5, 0.6) is 5.75 Å². The van der Waals surface area contributed by atoms with E-state index in [1.807, 2.05) is 6.26 Å². The fourth-order valence-electron chi connectivity index (χ4n) is 1.89. The van der Waals surface area contributed by atoms with Crippen LogP contribution in [0.2, 0.25) is 0 Å². The third-order valence-electron chi connectivity index (χ3n) is 2.92. The number of carbonyl (C=O) groups excluding carboxylic acids is 1. The zero-order valence-corrected chi connectivity index (χ0v) is 17.5. The van der Waals surface area contributed by atoms with Gasteiger partial charge < -0.3 is 9.64 Å². The minimum absolute atomic E-state index is 0. The summed E-state index contributed by atoms with van der Waals surface area (Å²) in [6, 6.07) is 4.68. The van der Waals surface area contributed by atoms with E-state index in [4.69, 9.17) is 4.74 Å². The minimum atomic E-state index is -0.405. The van der Waals surface area contributed by atoms with Crippen LogP contribution in [-0.4, -0.2) is 34.0 Å². The Morgan fingerprint density at radius 3 is 2.90 bits per heavy atom. The van der Waals surface area contributed by atoms with Crippen LogP contribution in [-0.2, 0) is 37.5 Å².